The van der Waals surface area contributed by atoms with E-state index in [-0.39, 0.29) is 17.7 Å². The molecule has 1 aromatic carbocycles. The van der Waals surface area contributed by atoms with Gasteiger partial charge in [0.05, 0.1) is 5.92 Å². The largest absolute Gasteiger partial charge is 0.369 e. The predicted octanol–water partition coefficient (Wildman–Crippen LogP) is 1.14. The van der Waals surface area contributed by atoms with Crippen molar-refractivity contribution in [2.24, 2.45) is 5.73 Å². The van der Waals surface area contributed by atoms with Crippen molar-refractivity contribution in [2.75, 3.05) is 50.7 Å². The number of amides is 2. The Morgan fingerprint density at radius 2 is 1.67 bits per heavy atom. The van der Waals surface area contributed by atoms with Crippen molar-refractivity contribution in [1.82, 2.24) is 15.1 Å². The average Bonchev–Trinajstić information content (AvgIpc) is 2.75. The van der Waals surface area contributed by atoms with Gasteiger partial charge in [0.15, 0.2) is 0 Å². The number of anilines is 1. The molecule has 2 amide bonds. The molecule has 2 atom stereocenters. The maximum atomic E-state index is 12.1. The lowest BCUT2D eigenvalue weighted by atomic mass is 9.90. The number of nitrogens with one attached hydrogen (secondary N) is 1. The number of rotatable bonds is 5. The van der Waals surface area contributed by atoms with Crippen LogP contribution in [0.3, 0.4) is 0 Å². The Hall–Kier alpha value is -1.96. The van der Waals surface area contributed by atoms with Crippen LogP contribution >= 0.6 is 0 Å². The smallest absolute Gasteiger partial charge is 0.234 e. The lowest BCUT2D eigenvalue weighted by Gasteiger charge is -2.41. The molecule has 2 unspecified atom stereocenters. The van der Waals surface area contributed by atoms with Gasteiger partial charge in [-0.3, -0.25) is 24.7 Å². The van der Waals surface area contributed by atoms with Gasteiger partial charge in [-0.1, -0.05) is 12.1 Å². The molecule has 3 saturated heterocycles. The van der Waals surface area contributed by atoms with E-state index in [4.69, 9.17) is 5.73 Å². The summed E-state index contributed by atoms with van der Waals surface area (Å²) in [7, 11) is 0. The molecule has 3 fully saturated rings. The van der Waals surface area contributed by atoms with Gasteiger partial charge in [-0.15, -0.1) is 0 Å². The van der Waals surface area contributed by atoms with Crippen molar-refractivity contribution < 1.29 is 9.59 Å². The molecule has 1 aromatic rings. The van der Waals surface area contributed by atoms with E-state index in [1.165, 1.54) is 5.69 Å². The molecule has 0 spiro atoms. The van der Waals surface area contributed by atoms with Gasteiger partial charge in [0.1, 0.15) is 0 Å². The molecule has 0 aliphatic carbocycles. The molecular formula is C23H35N5O2. The lowest BCUT2D eigenvalue weighted by Crippen LogP contribution is -2.52. The van der Waals surface area contributed by atoms with Crippen LogP contribution in [0.25, 0.3) is 0 Å². The number of benzene rings is 1. The Morgan fingerprint density at radius 1 is 1.00 bits per heavy atom. The van der Waals surface area contributed by atoms with Crippen LogP contribution < -0.4 is 16.0 Å². The molecular weight excluding hydrogens is 378 g/mol. The number of nitrogens with two attached hydrogens (primary N) is 1. The van der Waals surface area contributed by atoms with Gasteiger partial charge < -0.3 is 10.6 Å². The third-order valence-electron chi connectivity index (χ3n) is 6.99. The highest BCUT2D eigenvalue weighted by Crippen LogP contribution is 2.27. The first-order valence-corrected chi connectivity index (χ1v) is 11.4. The summed E-state index contributed by atoms with van der Waals surface area (Å²) < 4.78 is 0. The predicted molar refractivity (Wildman–Crippen MR) is 118 cm³/mol. The quantitative estimate of drug-likeness (QED) is 0.705. The topological polar surface area (TPSA) is 81.9 Å². The summed E-state index contributed by atoms with van der Waals surface area (Å²) in [5.41, 5.74) is 8.25. The number of imide groups is 1. The second-order valence-corrected chi connectivity index (χ2v) is 9.11. The summed E-state index contributed by atoms with van der Waals surface area (Å²) in [5, 5.41) is 2.45. The molecule has 3 aliphatic heterocycles. The number of carbonyl (C=O) groups excluding carboxylic acids is 2. The van der Waals surface area contributed by atoms with Crippen LogP contribution in [0.4, 0.5) is 5.69 Å². The molecule has 7 heteroatoms. The fourth-order valence-corrected chi connectivity index (χ4v) is 4.97. The first kappa shape index (κ1) is 21.3. The summed E-state index contributed by atoms with van der Waals surface area (Å²) in [4.78, 5) is 31.0. The first-order valence-electron chi connectivity index (χ1n) is 11.4. The van der Waals surface area contributed by atoms with Crippen LogP contribution in [-0.4, -0.2) is 79.5 Å². The molecule has 0 radical (unpaired) electrons. The summed E-state index contributed by atoms with van der Waals surface area (Å²) in [6.07, 6.45) is 3.26. The number of hydrogen-bond acceptors (Lipinski definition) is 6. The zero-order valence-electron chi connectivity index (χ0n) is 18.1. The van der Waals surface area contributed by atoms with Crippen LogP contribution in [0.5, 0.6) is 0 Å². The molecule has 0 aromatic heterocycles. The monoisotopic (exact) mass is 413 g/mol. The van der Waals surface area contributed by atoms with Gasteiger partial charge in [-0.05, 0) is 57.0 Å². The van der Waals surface area contributed by atoms with Gasteiger partial charge in [0.2, 0.25) is 11.8 Å². The van der Waals surface area contributed by atoms with Crippen molar-refractivity contribution >= 4 is 17.5 Å². The molecule has 164 valence electrons. The van der Waals surface area contributed by atoms with Crippen molar-refractivity contribution in [3.63, 3.8) is 0 Å². The Morgan fingerprint density at radius 3 is 2.30 bits per heavy atom. The standard InChI is InChI=1S/C23H35N5O2/c1-17(27-10-8-19(24)9-11-27)16-26-12-14-28(15-13-26)20-4-2-18(3-5-20)21-6-7-22(29)25-23(21)30/h2-5,17,19,21H,6-16,24H2,1H3,(H,25,29,30). The van der Waals surface area contributed by atoms with Crippen LogP contribution in [0, 0.1) is 0 Å². The Labute approximate surface area is 179 Å². The fraction of sp³-hybridized carbons (Fsp3) is 0.652. The van der Waals surface area contributed by atoms with E-state index >= 15 is 0 Å². The molecule has 7 nitrogen and oxygen atoms in total. The zero-order valence-corrected chi connectivity index (χ0v) is 18.1. The fourth-order valence-electron chi connectivity index (χ4n) is 4.97. The lowest BCUT2D eigenvalue weighted by molar-refractivity contribution is -0.134. The summed E-state index contributed by atoms with van der Waals surface area (Å²) >= 11 is 0. The molecule has 30 heavy (non-hydrogen) atoms. The Balaban J connectivity index is 1.26. The van der Waals surface area contributed by atoms with Crippen molar-refractivity contribution in [3.05, 3.63) is 29.8 Å². The molecule has 3 heterocycles. The van der Waals surface area contributed by atoms with Gasteiger partial charge >= 0.3 is 0 Å². The minimum Gasteiger partial charge on any atom is -0.369 e. The molecule has 0 bridgehead atoms. The van der Waals surface area contributed by atoms with Gasteiger partial charge in [-0.2, -0.15) is 0 Å². The van der Waals surface area contributed by atoms with Gasteiger partial charge in [0.25, 0.3) is 0 Å². The molecule has 3 N–H and O–H groups in total. The number of piperidine rings is 2. The number of carbonyl (C=O) groups is 2. The molecule has 0 saturated carbocycles. The maximum Gasteiger partial charge on any atom is 0.234 e. The minimum atomic E-state index is -0.209. The van der Waals surface area contributed by atoms with Crippen molar-refractivity contribution in [3.8, 4) is 0 Å². The molecule has 3 aliphatic rings. The highest BCUT2D eigenvalue weighted by molar-refractivity contribution is 6.00. The van der Waals surface area contributed by atoms with Crippen LogP contribution in [0.1, 0.15) is 44.1 Å². The van der Waals surface area contributed by atoms with Crippen LogP contribution in [0.15, 0.2) is 24.3 Å². The van der Waals surface area contributed by atoms with E-state index in [9.17, 15) is 9.59 Å². The third kappa shape index (κ3) is 5.02. The van der Waals surface area contributed by atoms with Gasteiger partial charge in [0, 0.05) is 56.9 Å². The second-order valence-electron chi connectivity index (χ2n) is 9.11. The van der Waals surface area contributed by atoms with Crippen LogP contribution in [0.2, 0.25) is 0 Å². The highest BCUT2D eigenvalue weighted by Gasteiger charge is 2.28. The normalized spacial score (nSPS) is 25.9. The van der Waals surface area contributed by atoms with E-state index in [1.807, 2.05) is 12.1 Å². The van der Waals surface area contributed by atoms with E-state index in [1.54, 1.807) is 0 Å². The Bertz CT molecular complexity index is 736. The number of hydrogen-bond donors (Lipinski definition) is 2. The van der Waals surface area contributed by atoms with E-state index in [0.29, 0.717) is 24.9 Å². The number of piperazine rings is 1. The third-order valence-corrected chi connectivity index (χ3v) is 6.99. The minimum absolute atomic E-state index is 0.163. The van der Waals surface area contributed by atoms with Crippen molar-refractivity contribution in [1.29, 1.82) is 0 Å². The summed E-state index contributed by atoms with van der Waals surface area (Å²) in [6, 6.07) is 9.30. The van der Waals surface area contributed by atoms with Crippen molar-refractivity contribution in [2.45, 2.75) is 50.6 Å². The van der Waals surface area contributed by atoms with Crippen LogP contribution in [-0.2, 0) is 9.59 Å². The van der Waals surface area contributed by atoms with E-state index < -0.39 is 0 Å². The summed E-state index contributed by atoms with van der Waals surface area (Å²) in [5.74, 6) is -0.541. The number of nitrogens with zero attached hydrogens (tertiary/aromatic N) is 3. The Kier molecular flexibility index (Phi) is 6.71. The van der Waals surface area contributed by atoms with E-state index in [2.05, 4.69) is 39.1 Å². The summed E-state index contributed by atoms with van der Waals surface area (Å²) in [6.45, 7) is 9.92. The highest BCUT2D eigenvalue weighted by atomic mass is 16.2. The molecule has 4 rings (SSSR count). The van der Waals surface area contributed by atoms with Gasteiger partial charge in [-0.25, -0.2) is 0 Å². The second kappa shape index (κ2) is 9.45. The van der Waals surface area contributed by atoms with E-state index in [0.717, 1.165) is 64.2 Å². The SMILES string of the molecule is CC(CN1CCN(c2ccc(C3CCC(=O)NC3=O)cc2)CC1)N1CCC(N)CC1. The number of likely N-dealkylation sites (tertiary alicyclic amines) is 1. The zero-order chi connectivity index (χ0) is 21.1. The average molecular weight is 414 g/mol. The maximum absolute atomic E-state index is 12.1. The first-order chi connectivity index (χ1) is 14.5.